The highest BCUT2D eigenvalue weighted by Gasteiger charge is 2.10. The molecule has 2 aromatic carbocycles. The van der Waals surface area contributed by atoms with Gasteiger partial charge in [-0.3, -0.25) is 9.59 Å². The molecule has 0 bridgehead atoms. The number of nitrogens with zero attached hydrogens (tertiary/aromatic N) is 2. The molecule has 2 amide bonds. The van der Waals surface area contributed by atoms with Crippen molar-refractivity contribution in [3.8, 4) is 5.69 Å². The van der Waals surface area contributed by atoms with Crippen LogP contribution in [0.2, 0.25) is 5.02 Å². The van der Waals surface area contributed by atoms with Crippen LogP contribution in [-0.2, 0) is 4.79 Å². The summed E-state index contributed by atoms with van der Waals surface area (Å²) in [6.07, 6.45) is 2.58. The molecule has 1 aromatic heterocycles. The van der Waals surface area contributed by atoms with Gasteiger partial charge < -0.3 is 10.6 Å². The number of halogens is 1. The lowest BCUT2D eigenvalue weighted by Crippen LogP contribution is -2.26. The Labute approximate surface area is 162 Å². The topological polar surface area (TPSA) is 76.0 Å². The van der Waals surface area contributed by atoms with Crippen LogP contribution in [0.3, 0.4) is 0 Å². The third kappa shape index (κ3) is 5.43. The Morgan fingerprint density at radius 2 is 1.74 bits per heavy atom. The second-order valence-electron chi connectivity index (χ2n) is 5.90. The summed E-state index contributed by atoms with van der Waals surface area (Å²) in [5, 5.41) is 10.5. The molecule has 0 saturated heterocycles. The maximum atomic E-state index is 12.2. The maximum absolute atomic E-state index is 12.2. The minimum atomic E-state index is -0.261. The molecule has 0 unspecified atom stereocenters. The smallest absolute Gasteiger partial charge is 0.271 e. The van der Waals surface area contributed by atoms with Crippen LogP contribution in [0.5, 0.6) is 0 Å². The number of rotatable bonds is 7. The number of nitrogens with one attached hydrogen (secondary N) is 2. The molecule has 6 nitrogen and oxygen atoms in total. The lowest BCUT2D eigenvalue weighted by molar-refractivity contribution is -0.116. The monoisotopic (exact) mass is 382 g/mol. The number of amides is 2. The number of carbonyl (C=O) groups excluding carboxylic acids is 2. The Balaban J connectivity index is 1.41. The first-order valence-corrected chi connectivity index (χ1v) is 8.94. The van der Waals surface area contributed by atoms with Gasteiger partial charge in [0.1, 0.15) is 0 Å². The molecule has 0 aliphatic rings. The van der Waals surface area contributed by atoms with Crippen LogP contribution in [0, 0.1) is 0 Å². The molecule has 2 N–H and O–H groups in total. The summed E-state index contributed by atoms with van der Waals surface area (Å²) in [4.78, 5) is 24.1. The quantitative estimate of drug-likeness (QED) is 0.612. The Kier molecular flexibility index (Phi) is 6.22. The van der Waals surface area contributed by atoms with Crippen LogP contribution < -0.4 is 10.6 Å². The van der Waals surface area contributed by atoms with E-state index in [0.29, 0.717) is 35.8 Å². The summed E-state index contributed by atoms with van der Waals surface area (Å²) < 4.78 is 1.65. The molecule has 138 valence electrons. The van der Waals surface area contributed by atoms with Crippen molar-refractivity contribution in [3.05, 3.63) is 77.6 Å². The van der Waals surface area contributed by atoms with Gasteiger partial charge in [0.15, 0.2) is 5.69 Å². The van der Waals surface area contributed by atoms with Gasteiger partial charge in [-0.1, -0.05) is 29.8 Å². The standard InChI is InChI=1S/C20H19ClN4O2/c21-15-8-10-16(11-9-15)23-19(26)7-4-13-22-20(27)18-12-14-25(24-18)17-5-2-1-3-6-17/h1-3,5-6,8-12,14H,4,7,13H2,(H,22,27)(H,23,26). The van der Waals surface area contributed by atoms with E-state index >= 15 is 0 Å². The fourth-order valence-electron chi connectivity index (χ4n) is 2.47. The number of aromatic nitrogens is 2. The number of benzene rings is 2. The van der Waals surface area contributed by atoms with Crippen LogP contribution in [0.1, 0.15) is 23.3 Å². The van der Waals surface area contributed by atoms with E-state index in [4.69, 9.17) is 11.6 Å². The highest BCUT2D eigenvalue weighted by Crippen LogP contribution is 2.13. The largest absolute Gasteiger partial charge is 0.351 e. The zero-order valence-electron chi connectivity index (χ0n) is 14.6. The van der Waals surface area contributed by atoms with E-state index in [2.05, 4.69) is 15.7 Å². The Bertz CT molecular complexity index is 907. The third-order valence-electron chi connectivity index (χ3n) is 3.84. The van der Waals surface area contributed by atoms with Crippen LogP contribution in [0.15, 0.2) is 66.9 Å². The predicted molar refractivity (Wildman–Crippen MR) is 105 cm³/mol. The highest BCUT2D eigenvalue weighted by molar-refractivity contribution is 6.30. The first kappa shape index (κ1) is 18.7. The minimum Gasteiger partial charge on any atom is -0.351 e. The van der Waals surface area contributed by atoms with E-state index in [1.165, 1.54) is 0 Å². The second kappa shape index (κ2) is 9.00. The van der Waals surface area contributed by atoms with E-state index < -0.39 is 0 Å². The number of hydrogen-bond donors (Lipinski definition) is 2. The summed E-state index contributed by atoms with van der Waals surface area (Å²) in [5.74, 6) is -0.372. The van der Waals surface area contributed by atoms with Crippen molar-refractivity contribution >= 4 is 29.1 Å². The molecule has 0 atom stereocenters. The van der Waals surface area contributed by atoms with Crippen LogP contribution in [0.25, 0.3) is 5.69 Å². The molecule has 7 heteroatoms. The molecule has 0 radical (unpaired) electrons. The average molecular weight is 383 g/mol. The first-order chi connectivity index (χ1) is 13.1. The van der Waals surface area contributed by atoms with Gasteiger partial charge in [-0.2, -0.15) is 5.10 Å². The van der Waals surface area contributed by atoms with Crippen molar-refractivity contribution in [1.82, 2.24) is 15.1 Å². The zero-order valence-corrected chi connectivity index (χ0v) is 15.3. The summed E-state index contributed by atoms with van der Waals surface area (Å²) in [6.45, 7) is 0.394. The Morgan fingerprint density at radius 3 is 2.48 bits per heavy atom. The van der Waals surface area contributed by atoms with Crippen LogP contribution in [0.4, 0.5) is 5.69 Å². The predicted octanol–water partition coefficient (Wildman–Crippen LogP) is 3.67. The van der Waals surface area contributed by atoms with Crippen molar-refractivity contribution in [2.45, 2.75) is 12.8 Å². The number of carbonyl (C=O) groups is 2. The highest BCUT2D eigenvalue weighted by atomic mass is 35.5. The SMILES string of the molecule is O=C(CCCNC(=O)c1ccn(-c2ccccc2)n1)Nc1ccc(Cl)cc1. The number of hydrogen-bond acceptors (Lipinski definition) is 3. The number of para-hydroxylation sites is 1. The van der Waals surface area contributed by atoms with E-state index in [1.54, 1.807) is 41.2 Å². The molecule has 1 heterocycles. The van der Waals surface area contributed by atoms with Gasteiger partial charge in [0.2, 0.25) is 5.91 Å². The van der Waals surface area contributed by atoms with Gasteiger partial charge in [0.25, 0.3) is 5.91 Å². The van der Waals surface area contributed by atoms with Crippen molar-refractivity contribution in [2.24, 2.45) is 0 Å². The van der Waals surface area contributed by atoms with Crippen LogP contribution in [-0.4, -0.2) is 28.1 Å². The molecular formula is C20H19ClN4O2. The minimum absolute atomic E-state index is 0.111. The van der Waals surface area contributed by atoms with Crippen LogP contribution >= 0.6 is 11.6 Å². The van der Waals surface area contributed by atoms with Crippen molar-refractivity contribution in [1.29, 1.82) is 0 Å². The molecule has 0 aliphatic carbocycles. The number of anilines is 1. The summed E-state index contributed by atoms with van der Waals surface area (Å²) in [6, 6.07) is 18.1. The van der Waals surface area contributed by atoms with Gasteiger partial charge in [-0.25, -0.2) is 4.68 Å². The van der Waals surface area contributed by atoms with E-state index in [0.717, 1.165) is 5.69 Å². The zero-order chi connectivity index (χ0) is 19.1. The lowest BCUT2D eigenvalue weighted by atomic mass is 10.2. The average Bonchev–Trinajstić information content (AvgIpc) is 3.18. The molecule has 3 rings (SSSR count). The molecular weight excluding hydrogens is 364 g/mol. The van der Waals surface area contributed by atoms with Crippen molar-refractivity contribution < 1.29 is 9.59 Å². The Hall–Kier alpha value is -3.12. The van der Waals surface area contributed by atoms with E-state index in [9.17, 15) is 9.59 Å². The summed E-state index contributed by atoms with van der Waals surface area (Å²) >= 11 is 5.81. The van der Waals surface area contributed by atoms with Gasteiger partial charge >= 0.3 is 0 Å². The van der Waals surface area contributed by atoms with Crippen molar-refractivity contribution in [2.75, 3.05) is 11.9 Å². The molecule has 3 aromatic rings. The molecule has 0 aliphatic heterocycles. The van der Waals surface area contributed by atoms with Gasteiger partial charge in [0, 0.05) is 29.9 Å². The van der Waals surface area contributed by atoms with Gasteiger partial charge in [-0.05, 0) is 48.9 Å². The van der Waals surface area contributed by atoms with Gasteiger partial charge in [-0.15, -0.1) is 0 Å². The molecule has 0 spiro atoms. The lowest BCUT2D eigenvalue weighted by Gasteiger charge is -2.06. The summed E-state index contributed by atoms with van der Waals surface area (Å²) in [7, 11) is 0. The van der Waals surface area contributed by atoms with E-state index in [1.807, 2.05) is 30.3 Å². The third-order valence-corrected chi connectivity index (χ3v) is 4.09. The van der Waals surface area contributed by atoms with Gasteiger partial charge in [0.05, 0.1) is 5.69 Å². The fourth-order valence-corrected chi connectivity index (χ4v) is 2.59. The maximum Gasteiger partial charge on any atom is 0.271 e. The Morgan fingerprint density at radius 1 is 1.00 bits per heavy atom. The molecule has 0 fully saturated rings. The normalized spacial score (nSPS) is 10.4. The fraction of sp³-hybridized carbons (Fsp3) is 0.150. The first-order valence-electron chi connectivity index (χ1n) is 8.56. The van der Waals surface area contributed by atoms with E-state index in [-0.39, 0.29) is 11.8 Å². The molecule has 27 heavy (non-hydrogen) atoms. The second-order valence-corrected chi connectivity index (χ2v) is 6.33. The molecule has 0 saturated carbocycles. The van der Waals surface area contributed by atoms with Crippen molar-refractivity contribution in [3.63, 3.8) is 0 Å². The summed E-state index contributed by atoms with van der Waals surface area (Å²) in [5.41, 5.74) is 1.92.